The van der Waals surface area contributed by atoms with E-state index in [1.807, 2.05) is 0 Å². The molecule has 0 saturated heterocycles. The SMILES string of the molecule is Nc1nc(NCC(=O)C(O)C(O)COP(P)P)c(N)c(=O)[nH]1.Nc1nc2c(c(=O)[nH]1)N=C(C(O)C(O)COP(P)P)CN2. The number of hydrogen-bond donors (Lipinski definition) is 11. The summed E-state index contributed by atoms with van der Waals surface area (Å²) in [5.74, 6) is -0.735. The van der Waals surface area contributed by atoms with Crippen molar-refractivity contribution >= 4 is 97.2 Å². The van der Waals surface area contributed by atoms with Crippen LogP contribution in [0.1, 0.15) is 0 Å². The topological polar surface area (TPSA) is 322 Å². The molecule has 2 aromatic heterocycles. The molecule has 0 fully saturated rings. The molecule has 8 atom stereocenters. The van der Waals surface area contributed by atoms with Crippen molar-refractivity contribution in [3.63, 3.8) is 0 Å². The van der Waals surface area contributed by atoms with Crippen LogP contribution in [0.4, 0.5) is 34.9 Å². The first-order valence-electron chi connectivity index (χ1n) is 11.8. The van der Waals surface area contributed by atoms with Crippen molar-refractivity contribution in [2.45, 2.75) is 24.4 Å². The molecule has 8 unspecified atom stereocenters. The normalized spacial score (nSPS) is 15.3. The number of hydrogen-bond acceptors (Lipinski definition) is 17. The van der Waals surface area contributed by atoms with Gasteiger partial charge in [-0.15, -0.1) is 0 Å². The van der Waals surface area contributed by atoms with Crippen LogP contribution in [0.25, 0.3) is 0 Å². The lowest BCUT2D eigenvalue weighted by atomic mass is 10.1. The fraction of sp³-hybridized carbons (Fsp3) is 0.444. The number of nitrogen functional groups attached to an aromatic ring is 3. The van der Waals surface area contributed by atoms with E-state index < -0.39 is 62.9 Å². The summed E-state index contributed by atoms with van der Waals surface area (Å²) in [4.78, 5) is 51.1. The van der Waals surface area contributed by atoms with Gasteiger partial charge in [0.2, 0.25) is 11.9 Å². The van der Waals surface area contributed by atoms with Gasteiger partial charge in [-0.2, -0.15) is 9.97 Å². The highest BCUT2D eigenvalue weighted by atomic mass is 32.4. The standard InChI is InChI=1S/C9H18N5O5P3.C9H16N5O4P3/c10-5-7(13-9(11)14-8(5)18)12-1-3(15)6(17)4(16)2-19-22(20)21;10-9-13-7-5(8(17)14-9)12-3(1-11-7)6(16)4(15)2-18-21(19)20/h4,6,16-17H,1-2,10,20-21H2,(H4,11,12,13,14,18);4,6,15-16H,1-2,19-20H2,(H4,10,11,13,14,17). The van der Waals surface area contributed by atoms with Gasteiger partial charge >= 0.3 is 0 Å². The van der Waals surface area contributed by atoms with Gasteiger partial charge in [0.25, 0.3) is 11.1 Å². The summed E-state index contributed by atoms with van der Waals surface area (Å²) in [6, 6.07) is 0. The fourth-order valence-electron chi connectivity index (χ4n) is 3.09. The second-order valence-corrected chi connectivity index (χ2v) is 20.1. The van der Waals surface area contributed by atoms with E-state index in [-0.39, 0.29) is 60.4 Å². The van der Waals surface area contributed by atoms with Crippen molar-refractivity contribution in [2.75, 3.05) is 54.1 Å². The number of aromatic amines is 2. The lowest BCUT2D eigenvalue weighted by Gasteiger charge is -2.23. The monoisotopic (exact) mass is 720 g/mol. The average molecular weight is 720 g/mol. The molecule has 1 aliphatic heterocycles. The zero-order valence-corrected chi connectivity index (χ0v) is 28.7. The lowest BCUT2D eigenvalue weighted by Crippen LogP contribution is -2.41. The van der Waals surface area contributed by atoms with Crippen molar-refractivity contribution in [1.29, 1.82) is 0 Å². The number of carbonyl (C=O) groups is 1. The van der Waals surface area contributed by atoms with E-state index in [1.165, 1.54) is 0 Å². The van der Waals surface area contributed by atoms with Crippen molar-refractivity contribution in [3.05, 3.63) is 20.7 Å². The Balaban J connectivity index is 0.000000300. The molecule has 0 amide bonds. The molecule has 3 heterocycles. The molecule has 43 heavy (non-hydrogen) atoms. The third kappa shape index (κ3) is 12.0. The van der Waals surface area contributed by atoms with Gasteiger partial charge in [-0.25, -0.2) is 4.99 Å². The number of anilines is 5. The third-order valence-corrected chi connectivity index (χ3v) is 7.88. The van der Waals surface area contributed by atoms with Crippen molar-refractivity contribution in [1.82, 2.24) is 19.9 Å². The number of fused-ring (bicyclic) bond motifs is 1. The molecule has 0 saturated carbocycles. The summed E-state index contributed by atoms with van der Waals surface area (Å²) in [7, 11) is 7.98. The highest BCUT2D eigenvalue weighted by Gasteiger charge is 2.27. The van der Waals surface area contributed by atoms with Crippen LogP contribution in [-0.2, 0) is 13.8 Å². The van der Waals surface area contributed by atoms with Crippen LogP contribution in [0.15, 0.2) is 14.6 Å². The smallest absolute Gasteiger partial charge is 0.280 e. The average Bonchev–Trinajstić information content (AvgIpc) is 2.94. The lowest BCUT2D eigenvalue weighted by molar-refractivity contribution is -0.132. The first-order chi connectivity index (χ1) is 20.1. The number of carbonyl (C=O) groups excluding carboxylic acids is 1. The zero-order chi connectivity index (χ0) is 32.4. The quantitative estimate of drug-likeness (QED) is 0.102. The number of nitrogens with zero attached hydrogens (tertiary/aromatic N) is 3. The second kappa shape index (κ2) is 17.8. The summed E-state index contributed by atoms with van der Waals surface area (Å²) in [5, 5.41) is 44.6. The number of Topliss-reactive ketones (excluding diaryl/α,β-unsaturated/α-hetero) is 1. The third-order valence-electron chi connectivity index (χ3n) is 5.20. The predicted octanol–water partition coefficient (Wildman–Crippen LogP) is -1.80. The molecule has 0 aromatic carbocycles. The Morgan fingerprint density at radius 1 is 0.930 bits per heavy atom. The zero-order valence-electron chi connectivity index (χ0n) is 22.2. The molecule has 19 nitrogen and oxygen atoms in total. The van der Waals surface area contributed by atoms with E-state index in [9.17, 15) is 34.8 Å². The summed E-state index contributed by atoms with van der Waals surface area (Å²) < 4.78 is 10.3. The Labute approximate surface area is 255 Å². The molecule has 14 N–H and O–H groups in total. The van der Waals surface area contributed by atoms with Gasteiger partial charge in [-0.3, -0.25) is 24.4 Å². The Morgan fingerprint density at radius 2 is 1.49 bits per heavy atom. The molecular formula is C18H34N10O9P6. The minimum Gasteiger partial charge on any atom is -0.391 e. The Hall–Kier alpha value is -1.56. The maximum atomic E-state index is 11.8. The van der Waals surface area contributed by atoms with E-state index in [1.54, 1.807) is 0 Å². The number of aromatic nitrogens is 4. The van der Waals surface area contributed by atoms with E-state index in [2.05, 4.69) is 71.3 Å². The van der Waals surface area contributed by atoms with Crippen LogP contribution in [0.3, 0.4) is 0 Å². The maximum Gasteiger partial charge on any atom is 0.280 e. The van der Waals surface area contributed by atoms with Crippen molar-refractivity contribution < 1.29 is 34.3 Å². The minimum absolute atomic E-state index is 0.0202. The number of aliphatic imine (C=N–C) groups is 1. The predicted molar refractivity (Wildman–Crippen MR) is 181 cm³/mol. The van der Waals surface area contributed by atoms with Crippen LogP contribution in [0.2, 0.25) is 0 Å². The van der Waals surface area contributed by atoms with Gasteiger partial charge in [0, 0.05) is 0 Å². The number of ketones is 1. The first kappa shape index (κ1) is 37.6. The van der Waals surface area contributed by atoms with Gasteiger partial charge in [0.1, 0.15) is 30.1 Å². The number of aliphatic hydroxyl groups excluding tert-OH is 4. The second-order valence-electron chi connectivity index (χ2n) is 8.47. The molecule has 0 spiro atoms. The molecule has 2 aromatic rings. The van der Waals surface area contributed by atoms with Crippen LogP contribution < -0.4 is 39.0 Å². The Bertz CT molecular complexity index is 1400. The Morgan fingerprint density at radius 3 is 2.09 bits per heavy atom. The molecule has 25 heteroatoms. The van der Waals surface area contributed by atoms with E-state index >= 15 is 0 Å². The number of rotatable bonds is 13. The van der Waals surface area contributed by atoms with E-state index in [0.717, 1.165) is 0 Å². The molecule has 3 rings (SSSR count). The first-order valence-corrected chi connectivity index (χ1v) is 20.8. The number of nitrogens with two attached hydrogens (primary N) is 3. The number of aliphatic hydroxyl groups is 4. The van der Waals surface area contributed by atoms with Crippen LogP contribution in [0.5, 0.6) is 0 Å². The maximum absolute atomic E-state index is 11.8. The highest BCUT2D eigenvalue weighted by Crippen LogP contribution is 2.54. The summed E-state index contributed by atoms with van der Waals surface area (Å²) in [5.41, 5.74) is 15.1. The van der Waals surface area contributed by atoms with Gasteiger partial charge in [-0.05, 0) is 0 Å². The molecule has 0 bridgehead atoms. The summed E-state index contributed by atoms with van der Waals surface area (Å²) in [6.07, 6.45) is -5.39. The molecule has 0 radical (unpaired) electrons. The van der Waals surface area contributed by atoms with Crippen molar-refractivity contribution in [3.8, 4) is 0 Å². The molecule has 0 aliphatic carbocycles. The van der Waals surface area contributed by atoms with Gasteiger partial charge < -0.3 is 57.3 Å². The van der Waals surface area contributed by atoms with Gasteiger partial charge in [-0.1, -0.05) is 35.7 Å². The van der Waals surface area contributed by atoms with Gasteiger partial charge in [0.15, 0.2) is 23.1 Å². The summed E-state index contributed by atoms with van der Waals surface area (Å²) in [6.45, 7) is -0.474. The van der Waals surface area contributed by atoms with Gasteiger partial charge in [0.05, 0.1) is 47.1 Å². The van der Waals surface area contributed by atoms with Crippen LogP contribution in [-0.4, -0.2) is 103 Å². The minimum atomic E-state index is -1.64. The number of nitrogens with one attached hydrogen (secondary N) is 4. The number of H-pyrrole nitrogens is 2. The molecular weight excluding hydrogens is 686 g/mol. The van der Waals surface area contributed by atoms with E-state index in [0.29, 0.717) is 0 Å². The fourth-order valence-corrected chi connectivity index (χ4v) is 4.78. The summed E-state index contributed by atoms with van der Waals surface area (Å²) >= 11 is 0. The van der Waals surface area contributed by atoms with E-state index in [4.69, 9.17) is 26.2 Å². The Kier molecular flexibility index (Phi) is 15.6. The molecule has 1 aliphatic rings. The largest absolute Gasteiger partial charge is 0.391 e. The molecule has 240 valence electrons. The van der Waals surface area contributed by atoms with Crippen LogP contribution in [0, 0.1) is 0 Å². The van der Waals surface area contributed by atoms with Crippen LogP contribution >= 0.6 is 50.8 Å². The van der Waals surface area contributed by atoms with Crippen molar-refractivity contribution in [2.24, 2.45) is 4.99 Å². The highest BCUT2D eigenvalue weighted by molar-refractivity contribution is 8.41.